The first-order valence-electron chi connectivity index (χ1n) is 13.2. The first-order chi connectivity index (χ1) is 19.3. The van der Waals surface area contributed by atoms with E-state index in [0.717, 1.165) is 22.7 Å². The average molecular weight is 540 g/mol. The minimum Gasteiger partial charge on any atom is -0.497 e. The van der Waals surface area contributed by atoms with E-state index in [2.05, 4.69) is 15.6 Å². The van der Waals surface area contributed by atoms with Gasteiger partial charge in [0.25, 0.3) is 5.91 Å². The monoisotopic (exact) mass is 539 g/mol. The van der Waals surface area contributed by atoms with Gasteiger partial charge in [-0.2, -0.15) is 0 Å². The number of para-hydroxylation sites is 1. The van der Waals surface area contributed by atoms with E-state index in [1.807, 2.05) is 62.4 Å². The molecule has 3 aromatic rings. The van der Waals surface area contributed by atoms with Crippen molar-refractivity contribution >= 4 is 17.5 Å². The van der Waals surface area contributed by atoms with E-state index in [4.69, 9.17) is 14.2 Å². The summed E-state index contributed by atoms with van der Waals surface area (Å²) in [5.74, 6) is 1.21. The Kier molecular flexibility index (Phi) is 7.60. The fourth-order valence-corrected chi connectivity index (χ4v) is 5.70. The van der Waals surface area contributed by atoms with Gasteiger partial charge in [0.05, 0.1) is 27.2 Å². The Bertz CT molecular complexity index is 1520. The molecule has 2 heterocycles. The van der Waals surface area contributed by atoms with Crippen LogP contribution in [-0.4, -0.2) is 38.0 Å². The number of dihydropyridines is 1. The van der Waals surface area contributed by atoms with Crippen LogP contribution in [0.1, 0.15) is 48.4 Å². The van der Waals surface area contributed by atoms with Gasteiger partial charge >= 0.3 is 0 Å². The van der Waals surface area contributed by atoms with E-state index in [0.29, 0.717) is 52.6 Å². The average Bonchev–Trinajstić information content (AvgIpc) is 2.95. The number of allylic oxidation sites excluding steroid dienone is 3. The normalized spacial score (nSPS) is 18.6. The second kappa shape index (κ2) is 11.3. The lowest BCUT2D eigenvalue weighted by atomic mass is 9.71. The Hall–Kier alpha value is -4.59. The molecule has 0 spiro atoms. The van der Waals surface area contributed by atoms with Gasteiger partial charge in [-0.3, -0.25) is 9.59 Å². The van der Waals surface area contributed by atoms with Crippen LogP contribution in [0.15, 0.2) is 83.2 Å². The number of pyridine rings is 1. The molecule has 1 aliphatic heterocycles. The molecule has 2 aliphatic rings. The fourth-order valence-electron chi connectivity index (χ4n) is 5.70. The Morgan fingerprint density at radius 3 is 2.35 bits per heavy atom. The van der Waals surface area contributed by atoms with Crippen LogP contribution < -0.4 is 24.8 Å². The Labute approximate surface area is 234 Å². The molecule has 5 rings (SSSR count). The van der Waals surface area contributed by atoms with Crippen LogP contribution in [0.25, 0.3) is 0 Å². The van der Waals surface area contributed by atoms with Gasteiger partial charge in [0.2, 0.25) is 0 Å². The smallest absolute Gasteiger partial charge is 0.255 e. The van der Waals surface area contributed by atoms with Crippen LogP contribution in [0.3, 0.4) is 0 Å². The second-order valence-electron chi connectivity index (χ2n) is 9.99. The number of hydrogen-bond donors (Lipinski definition) is 2. The molecule has 2 atom stereocenters. The molecule has 0 bridgehead atoms. The number of carbonyl (C=O) groups excluding carboxylic acids is 2. The quantitative estimate of drug-likeness (QED) is 0.414. The first kappa shape index (κ1) is 27.0. The molecule has 1 amide bonds. The lowest BCUT2D eigenvalue weighted by molar-refractivity contribution is -0.116. The molecule has 0 saturated heterocycles. The zero-order valence-electron chi connectivity index (χ0n) is 23.3. The maximum Gasteiger partial charge on any atom is 0.255 e. The molecule has 2 N–H and O–H groups in total. The van der Waals surface area contributed by atoms with E-state index in [-0.39, 0.29) is 17.6 Å². The summed E-state index contributed by atoms with van der Waals surface area (Å²) in [6.45, 7) is 3.73. The van der Waals surface area contributed by atoms with Crippen LogP contribution in [0.4, 0.5) is 5.82 Å². The predicted octanol–water partition coefficient (Wildman–Crippen LogP) is 5.42. The summed E-state index contributed by atoms with van der Waals surface area (Å²) in [4.78, 5) is 32.3. The molecule has 40 heavy (non-hydrogen) atoms. The Morgan fingerprint density at radius 1 is 0.925 bits per heavy atom. The summed E-state index contributed by atoms with van der Waals surface area (Å²) in [5.41, 5.74) is 5.03. The minimum absolute atomic E-state index is 0.00261. The van der Waals surface area contributed by atoms with E-state index < -0.39 is 5.92 Å². The van der Waals surface area contributed by atoms with Gasteiger partial charge < -0.3 is 24.8 Å². The van der Waals surface area contributed by atoms with E-state index >= 15 is 0 Å². The zero-order chi connectivity index (χ0) is 28.4. The van der Waals surface area contributed by atoms with Crippen molar-refractivity contribution < 1.29 is 23.8 Å². The summed E-state index contributed by atoms with van der Waals surface area (Å²) in [5, 5.41) is 6.36. The number of benzene rings is 2. The highest BCUT2D eigenvalue weighted by Crippen LogP contribution is 2.49. The van der Waals surface area contributed by atoms with E-state index in [1.165, 1.54) is 0 Å². The number of carbonyl (C=O) groups is 2. The summed E-state index contributed by atoms with van der Waals surface area (Å²) < 4.78 is 16.7. The van der Waals surface area contributed by atoms with Crippen LogP contribution in [0, 0.1) is 6.92 Å². The number of Topliss-reactive ketones (excluding diaryl/α,β-unsaturated/α-hetero) is 1. The van der Waals surface area contributed by atoms with Gasteiger partial charge in [-0.05, 0) is 62.1 Å². The molecule has 206 valence electrons. The van der Waals surface area contributed by atoms with Gasteiger partial charge in [0.15, 0.2) is 17.3 Å². The lowest BCUT2D eigenvalue weighted by Crippen LogP contribution is -2.37. The maximum atomic E-state index is 14.0. The lowest BCUT2D eigenvalue weighted by Gasteiger charge is -2.37. The van der Waals surface area contributed by atoms with Crippen molar-refractivity contribution in [3.05, 3.63) is 100 Å². The van der Waals surface area contributed by atoms with Crippen LogP contribution >= 0.6 is 0 Å². The van der Waals surface area contributed by atoms with Crippen LogP contribution in [0.5, 0.6) is 17.2 Å². The van der Waals surface area contributed by atoms with Gasteiger partial charge in [-0.15, -0.1) is 0 Å². The number of amides is 1. The molecule has 8 heteroatoms. The van der Waals surface area contributed by atoms with Gasteiger partial charge in [-0.25, -0.2) is 4.98 Å². The fraction of sp³-hybridized carbons (Fsp3) is 0.281. The number of ether oxygens (including phenoxy) is 3. The third-order valence-corrected chi connectivity index (χ3v) is 7.53. The summed E-state index contributed by atoms with van der Waals surface area (Å²) in [7, 11) is 4.76. The summed E-state index contributed by atoms with van der Waals surface area (Å²) in [6, 6.07) is 18.8. The number of methoxy groups -OCH3 is 3. The van der Waals surface area contributed by atoms with Crippen molar-refractivity contribution in [3.63, 3.8) is 0 Å². The molecule has 1 aromatic heterocycles. The number of nitrogens with one attached hydrogen (secondary N) is 2. The minimum atomic E-state index is -0.657. The second-order valence-corrected chi connectivity index (χ2v) is 9.99. The molecule has 0 fully saturated rings. The zero-order valence-corrected chi connectivity index (χ0v) is 23.3. The van der Waals surface area contributed by atoms with Gasteiger partial charge in [-0.1, -0.05) is 30.3 Å². The molecule has 2 aromatic carbocycles. The van der Waals surface area contributed by atoms with Crippen molar-refractivity contribution in [3.8, 4) is 17.2 Å². The largest absolute Gasteiger partial charge is 0.497 e. The highest BCUT2D eigenvalue weighted by molar-refractivity contribution is 6.10. The third kappa shape index (κ3) is 5.04. The van der Waals surface area contributed by atoms with Crippen molar-refractivity contribution in [2.24, 2.45) is 0 Å². The van der Waals surface area contributed by atoms with Gasteiger partial charge in [0.1, 0.15) is 11.6 Å². The molecular formula is C32H33N3O5. The SMILES string of the molecule is COc1ccc(C2CC(=O)C3=C(C2)NC(C)=C(C(=O)Nc2cccc(C)n2)C3c2cccc(OC)c2OC)cc1. The highest BCUT2D eigenvalue weighted by atomic mass is 16.5. The number of aromatic nitrogens is 1. The van der Waals surface area contributed by atoms with Crippen molar-refractivity contribution in [1.82, 2.24) is 10.3 Å². The Balaban J connectivity index is 1.61. The van der Waals surface area contributed by atoms with Gasteiger partial charge in [0, 0.05) is 40.2 Å². The molecular weight excluding hydrogens is 506 g/mol. The topological polar surface area (TPSA) is 98.8 Å². The van der Waals surface area contributed by atoms with E-state index in [1.54, 1.807) is 33.5 Å². The highest BCUT2D eigenvalue weighted by Gasteiger charge is 2.42. The number of rotatable bonds is 7. The molecule has 0 saturated carbocycles. The molecule has 2 unspecified atom stereocenters. The van der Waals surface area contributed by atoms with Crippen molar-refractivity contribution in [1.29, 1.82) is 0 Å². The Morgan fingerprint density at radius 2 is 1.68 bits per heavy atom. The molecule has 1 aliphatic carbocycles. The standard InChI is InChI=1S/C32H33N3O5/c1-18-8-6-11-27(33-18)35-32(37)28-19(2)34-24-16-21(20-12-14-22(38-3)15-13-20)17-25(36)30(24)29(28)23-9-7-10-26(39-4)31(23)40-5/h6-15,21,29,34H,16-17H2,1-5H3,(H,33,35,37). The third-order valence-electron chi connectivity index (χ3n) is 7.53. The number of hydrogen-bond acceptors (Lipinski definition) is 7. The molecule has 8 nitrogen and oxygen atoms in total. The number of ketones is 1. The number of aryl methyl sites for hydroxylation is 1. The van der Waals surface area contributed by atoms with Crippen molar-refractivity contribution in [2.45, 2.75) is 38.5 Å². The molecule has 0 radical (unpaired) electrons. The number of anilines is 1. The maximum absolute atomic E-state index is 14.0. The summed E-state index contributed by atoms with van der Waals surface area (Å²) >= 11 is 0. The first-order valence-corrected chi connectivity index (χ1v) is 13.2. The van der Waals surface area contributed by atoms with Crippen LogP contribution in [-0.2, 0) is 9.59 Å². The predicted molar refractivity (Wildman–Crippen MR) is 153 cm³/mol. The van der Waals surface area contributed by atoms with Crippen molar-refractivity contribution in [2.75, 3.05) is 26.6 Å². The van der Waals surface area contributed by atoms with E-state index in [9.17, 15) is 9.59 Å². The van der Waals surface area contributed by atoms with Crippen LogP contribution in [0.2, 0.25) is 0 Å². The summed E-state index contributed by atoms with van der Waals surface area (Å²) in [6.07, 6.45) is 0.949. The number of nitrogens with zero attached hydrogens (tertiary/aromatic N) is 1.